The Morgan fingerprint density at radius 2 is 2.24 bits per heavy atom. The molecule has 0 unspecified atom stereocenters. The first-order valence-corrected chi connectivity index (χ1v) is 5.84. The summed E-state index contributed by atoms with van der Waals surface area (Å²) in [6, 6.07) is 5.04. The molecule has 0 saturated carbocycles. The van der Waals surface area contributed by atoms with Crippen LogP contribution in [0.3, 0.4) is 0 Å². The van der Waals surface area contributed by atoms with Gasteiger partial charge in [-0.25, -0.2) is 4.98 Å². The Morgan fingerprint density at radius 1 is 1.53 bits per heavy atom. The van der Waals surface area contributed by atoms with E-state index in [4.69, 9.17) is 28.5 Å². The summed E-state index contributed by atoms with van der Waals surface area (Å²) < 4.78 is 0. The molecule has 1 aromatic heterocycles. The van der Waals surface area contributed by atoms with E-state index in [2.05, 4.69) is 4.98 Å². The molecule has 6 heteroatoms. The second-order valence-electron chi connectivity index (χ2n) is 3.26. The lowest BCUT2D eigenvalue weighted by molar-refractivity contribution is 0.0762. The van der Waals surface area contributed by atoms with Gasteiger partial charge in [0, 0.05) is 13.1 Å². The number of carbonyl (C=O) groups is 1. The van der Waals surface area contributed by atoms with Crippen molar-refractivity contribution in [1.82, 2.24) is 9.88 Å². The molecule has 0 atom stereocenters. The molecule has 4 nitrogen and oxygen atoms in total. The van der Waals surface area contributed by atoms with Crippen molar-refractivity contribution in [3.8, 4) is 6.07 Å². The van der Waals surface area contributed by atoms with E-state index in [-0.39, 0.29) is 28.2 Å². The average Bonchev–Trinajstić information content (AvgIpc) is 2.33. The van der Waals surface area contributed by atoms with Crippen LogP contribution >= 0.6 is 23.2 Å². The van der Waals surface area contributed by atoms with Crippen molar-refractivity contribution >= 4 is 29.1 Å². The van der Waals surface area contributed by atoms with Gasteiger partial charge in [-0.3, -0.25) is 4.79 Å². The molecule has 0 aliphatic rings. The van der Waals surface area contributed by atoms with Gasteiger partial charge >= 0.3 is 0 Å². The zero-order valence-corrected chi connectivity index (χ0v) is 10.8. The Bertz CT molecular complexity index is 457. The number of nitrogens with zero attached hydrogens (tertiary/aromatic N) is 3. The first-order chi connectivity index (χ1) is 8.10. The van der Waals surface area contributed by atoms with Crippen LogP contribution in [0.4, 0.5) is 0 Å². The normalized spacial score (nSPS) is 9.76. The number of rotatable bonds is 4. The maximum absolute atomic E-state index is 12.1. The SMILES string of the molecule is CCN(CCC#N)C(=O)c1nc(Cl)ccc1Cl. The predicted molar refractivity (Wildman–Crippen MR) is 66.1 cm³/mol. The van der Waals surface area contributed by atoms with Gasteiger partial charge in [0.25, 0.3) is 5.91 Å². The number of carbonyl (C=O) groups excluding carboxylic acids is 1. The summed E-state index contributed by atoms with van der Waals surface area (Å²) >= 11 is 11.6. The highest BCUT2D eigenvalue weighted by molar-refractivity contribution is 6.34. The zero-order chi connectivity index (χ0) is 12.8. The molecule has 1 amide bonds. The van der Waals surface area contributed by atoms with Crippen molar-refractivity contribution in [1.29, 1.82) is 5.26 Å². The second-order valence-corrected chi connectivity index (χ2v) is 4.05. The molecule has 1 rings (SSSR count). The van der Waals surface area contributed by atoms with Crippen molar-refractivity contribution in [3.05, 3.63) is 28.0 Å². The molecule has 90 valence electrons. The minimum atomic E-state index is -0.310. The number of nitriles is 1. The molecule has 0 bridgehead atoms. The first kappa shape index (κ1) is 13.8. The molecule has 0 aliphatic heterocycles. The summed E-state index contributed by atoms with van der Waals surface area (Å²) in [5.74, 6) is -0.310. The van der Waals surface area contributed by atoms with E-state index in [0.717, 1.165) is 0 Å². The fourth-order valence-electron chi connectivity index (χ4n) is 1.31. The smallest absolute Gasteiger partial charge is 0.274 e. The number of halogens is 2. The topological polar surface area (TPSA) is 57.0 Å². The zero-order valence-electron chi connectivity index (χ0n) is 9.28. The highest BCUT2D eigenvalue weighted by Crippen LogP contribution is 2.18. The molecule has 1 heterocycles. The standard InChI is InChI=1S/C11H11Cl2N3O/c1-2-16(7-3-6-14)11(17)10-8(12)4-5-9(13)15-10/h4-5H,2-3,7H2,1H3. The number of hydrogen-bond acceptors (Lipinski definition) is 3. The molecule has 0 spiro atoms. The summed E-state index contributed by atoms with van der Waals surface area (Å²) in [5, 5.41) is 8.99. The van der Waals surface area contributed by atoms with Crippen LogP contribution in [0.2, 0.25) is 10.2 Å². The lowest BCUT2D eigenvalue weighted by Gasteiger charge is -2.19. The maximum atomic E-state index is 12.1. The molecule has 0 N–H and O–H groups in total. The number of amides is 1. The quantitative estimate of drug-likeness (QED) is 0.792. The van der Waals surface area contributed by atoms with Crippen LogP contribution < -0.4 is 0 Å². The first-order valence-electron chi connectivity index (χ1n) is 5.08. The Labute approximate surface area is 110 Å². The van der Waals surface area contributed by atoms with E-state index in [1.165, 1.54) is 17.0 Å². The summed E-state index contributed by atoms with van der Waals surface area (Å²) in [7, 11) is 0. The van der Waals surface area contributed by atoms with Crippen molar-refractivity contribution in [2.24, 2.45) is 0 Å². The van der Waals surface area contributed by atoms with Gasteiger partial charge in [-0.1, -0.05) is 23.2 Å². The van der Waals surface area contributed by atoms with Gasteiger partial charge < -0.3 is 4.90 Å². The third kappa shape index (κ3) is 3.58. The van der Waals surface area contributed by atoms with Crippen LogP contribution in [-0.2, 0) is 0 Å². The van der Waals surface area contributed by atoms with Crippen LogP contribution in [0, 0.1) is 11.3 Å². The molecule has 0 fully saturated rings. The summed E-state index contributed by atoms with van der Waals surface area (Å²) in [5.41, 5.74) is 0.124. The predicted octanol–water partition coefficient (Wildman–Crippen LogP) is 2.76. The largest absolute Gasteiger partial charge is 0.337 e. The summed E-state index contributed by atoms with van der Waals surface area (Å²) in [6.07, 6.45) is 0.276. The molecule has 0 aromatic carbocycles. The Morgan fingerprint density at radius 3 is 2.82 bits per heavy atom. The molecule has 0 aliphatic carbocycles. The molecular formula is C11H11Cl2N3O. The third-order valence-electron chi connectivity index (χ3n) is 2.18. The van der Waals surface area contributed by atoms with Gasteiger partial charge in [-0.2, -0.15) is 5.26 Å². The van der Waals surface area contributed by atoms with Crippen LogP contribution in [0.15, 0.2) is 12.1 Å². The van der Waals surface area contributed by atoms with E-state index in [9.17, 15) is 4.79 Å². The van der Waals surface area contributed by atoms with Gasteiger partial charge in [0.1, 0.15) is 10.8 Å². The van der Waals surface area contributed by atoms with Crippen molar-refractivity contribution < 1.29 is 4.79 Å². The number of aromatic nitrogens is 1. The lowest BCUT2D eigenvalue weighted by atomic mass is 10.3. The monoisotopic (exact) mass is 271 g/mol. The molecule has 1 aromatic rings. The van der Waals surface area contributed by atoms with Crippen LogP contribution in [0.1, 0.15) is 23.8 Å². The van der Waals surface area contributed by atoms with E-state index >= 15 is 0 Å². The minimum Gasteiger partial charge on any atom is -0.337 e. The van der Waals surface area contributed by atoms with Gasteiger partial charge in [0.2, 0.25) is 0 Å². The van der Waals surface area contributed by atoms with E-state index in [1.807, 2.05) is 13.0 Å². The van der Waals surface area contributed by atoms with Crippen molar-refractivity contribution in [2.75, 3.05) is 13.1 Å². The van der Waals surface area contributed by atoms with Crippen LogP contribution in [0.25, 0.3) is 0 Å². The molecular weight excluding hydrogens is 261 g/mol. The maximum Gasteiger partial charge on any atom is 0.274 e. The number of pyridine rings is 1. The molecule has 0 saturated heterocycles. The van der Waals surface area contributed by atoms with E-state index in [0.29, 0.717) is 13.1 Å². The fraction of sp³-hybridized carbons (Fsp3) is 0.364. The minimum absolute atomic E-state index is 0.124. The van der Waals surface area contributed by atoms with E-state index < -0.39 is 0 Å². The highest BCUT2D eigenvalue weighted by atomic mass is 35.5. The Hall–Kier alpha value is -1.31. The van der Waals surface area contributed by atoms with Crippen LogP contribution in [0.5, 0.6) is 0 Å². The number of hydrogen-bond donors (Lipinski definition) is 0. The van der Waals surface area contributed by atoms with Crippen LogP contribution in [-0.4, -0.2) is 28.9 Å². The average molecular weight is 272 g/mol. The summed E-state index contributed by atoms with van der Waals surface area (Å²) in [4.78, 5) is 17.5. The van der Waals surface area contributed by atoms with Crippen molar-refractivity contribution in [3.63, 3.8) is 0 Å². The van der Waals surface area contributed by atoms with Gasteiger partial charge in [-0.15, -0.1) is 0 Å². The Kier molecular flexibility index (Phi) is 5.20. The fourth-order valence-corrected chi connectivity index (χ4v) is 1.64. The third-order valence-corrected chi connectivity index (χ3v) is 2.69. The second kappa shape index (κ2) is 6.43. The molecule has 0 radical (unpaired) electrons. The Balaban J connectivity index is 2.94. The van der Waals surface area contributed by atoms with Crippen molar-refractivity contribution in [2.45, 2.75) is 13.3 Å². The summed E-state index contributed by atoms with van der Waals surface area (Å²) in [6.45, 7) is 2.68. The molecule has 17 heavy (non-hydrogen) atoms. The lowest BCUT2D eigenvalue weighted by Crippen LogP contribution is -2.32. The van der Waals surface area contributed by atoms with Gasteiger partial charge in [0.15, 0.2) is 0 Å². The van der Waals surface area contributed by atoms with E-state index in [1.54, 1.807) is 0 Å². The van der Waals surface area contributed by atoms with Gasteiger partial charge in [-0.05, 0) is 19.1 Å². The highest BCUT2D eigenvalue weighted by Gasteiger charge is 2.18. The van der Waals surface area contributed by atoms with Gasteiger partial charge in [0.05, 0.1) is 17.5 Å².